The largest absolute Gasteiger partial charge is 0.494 e. The Hall–Kier alpha value is -2.09. The molecule has 0 heterocycles. The highest BCUT2D eigenvalue weighted by Crippen LogP contribution is 2.23. The van der Waals surface area contributed by atoms with Crippen molar-refractivity contribution in [2.24, 2.45) is 0 Å². The highest BCUT2D eigenvalue weighted by molar-refractivity contribution is 5.61. The molecule has 2 aromatic carbocycles. The topological polar surface area (TPSA) is 9.23 Å². The SMILES string of the molecule is C=C(C)c1ccc(Cc2cccc(OC)c2F)cc1. The second-order valence-electron chi connectivity index (χ2n) is 4.59. The van der Waals surface area contributed by atoms with Crippen LogP contribution in [-0.2, 0) is 6.42 Å². The van der Waals surface area contributed by atoms with Gasteiger partial charge in [0.2, 0.25) is 0 Å². The van der Waals surface area contributed by atoms with Gasteiger partial charge in [-0.05, 0) is 29.7 Å². The molecular weight excluding hydrogens is 239 g/mol. The minimum Gasteiger partial charge on any atom is -0.494 e. The zero-order chi connectivity index (χ0) is 13.8. The van der Waals surface area contributed by atoms with Crippen LogP contribution in [0.5, 0.6) is 5.75 Å². The number of hydrogen-bond donors (Lipinski definition) is 0. The van der Waals surface area contributed by atoms with Crippen molar-refractivity contribution in [3.05, 3.63) is 71.6 Å². The maximum absolute atomic E-state index is 14.0. The zero-order valence-electron chi connectivity index (χ0n) is 11.2. The van der Waals surface area contributed by atoms with Gasteiger partial charge in [-0.3, -0.25) is 0 Å². The van der Waals surface area contributed by atoms with E-state index in [-0.39, 0.29) is 11.6 Å². The highest BCUT2D eigenvalue weighted by Gasteiger charge is 2.08. The first kappa shape index (κ1) is 13.3. The lowest BCUT2D eigenvalue weighted by Crippen LogP contribution is -1.96. The molecule has 2 rings (SSSR count). The van der Waals surface area contributed by atoms with E-state index in [0.29, 0.717) is 12.0 Å². The molecule has 0 unspecified atom stereocenters. The van der Waals surface area contributed by atoms with Crippen molar-refractivity contribution in [1.29, 1.82) is 0 Å². The molecule has 2 heteroatoms. The third kappa shape index (κ3) is 3.02. The Balaban J connectivity index is 2.24. The average molecular weight is 256 g/mol. The summed E-state index contributed by atoms with van der Waals surface area (Å²) in [6.07, 6.45) is 0.555. The molecule has 0 spiro atoms. The van der Waals surface area contributed by atoms with E-state index in [1.807, 2.05) is 31.2 Å². The average Bonchev–Trinajstić information content (AvgIpc) is 2.42. The quantitative estimate of drug-likeness (QED) is 0.784. The molecule has 0 saturated heterocycles. The van der Waals surface area contributed by atoms with Gasteiger partial charge >= 0.3 is 0 Å². The summed E-state index contributed by atoms with van der Waals surface area (Å²) in [5.41, 5.74) is 3.84. The second kappa shape index (κ2) is 5.70. The number of allylic oxidation sites excluding steroid dienone is 1. The molecule has 2 aromatic rings. The lowest BCUT2D eigenvalue weighted by atomic mass is 10.0. The number of methoxy groups -OCH3 is 1. The summed E-state index contributed by atoms with van der Waals surface area (Å²) in [6, 6.07) is 13.2. The van der Waals surface area contributed by atoms with Gasteiger partial charge in [-0.25, -0.2) is 4.39 Å². The molecule has 0 radical (unpaired) electrons. The Morgan fingerprint density at radius 3 is 2.42 bits per heavy atom. The molecule has 0 atom stereocenters. The third-order valence-electron chi connectivity index (χ3n) is 3.10. The predicted octanol–water partition coefficient (Wildman–Crippen LogP) is 4.46. The Labute approximate surface area is 113 Å². The number of hydrogen-bond acceptors (Lipinski definition) is 1. The van der Waals surface area contributed by atoms with E-state index < -0.39 is 0 Å². The van der Waals surface area contributed by atoms with Crippen LogP contribution in [-0.4, -0.2) is 7.11 Å². The Morgan fingerprint density at radius 2 is 1.84 bits per heavy atom. The van der Waals surface area contributed by atoms with Crippen LogP contribution in [0.15, 0.2) is 49.0 Å². The summed E-state index contributed by atoms with van der Waals surface area (Å²) >= 11 is 0. The minimum atomic E-state index is -0.283. The molecule has 0 aliphatic rings. The number of rotatable bonds is 4. The Morgan fingerprint density at radius 1 is 1.16 bits per heavy atom. The van der Waals surface area contributed by atoms with Gasteiger partial charge in [-0.2, -0.15) is 0 Å². The van der Waals surface area contributed by atoms with Gasteiger partial charge in [0.05, 0.1) is 7.11 Å². The molecule has 0 aliphatic carbocycles. The van der Waals surface area contributed by atoms with Crippen molar-refractivity contribution in [3.8, 4) is 5.75 Å². The first-order valence-electron chi connectivity index (χ1n) is 6.18. The Bertz CT molecular complexity index is 585. The van der Waals surface area contributed by atoms with Crippen LogP contribution in [0, 0.1) is 5.82 Å². The fraction of sp³-hybridized carbons (Fsp3) is 0.176. The zero-order valence-corrected chi connectivity index (χ0v) is 11.2. The van der Waals surface area contributed by atoms with Gasteiger partial charge in [-0.15, -0.1) is 0 Å². The first-order chi connectivity index (χ1) is 9.11. The van der Waals surface area contributed by atoms with Crippen molar-refractivity contribution in [3.63, 3.8) is 0 Å². The van der Waals surface area contributed by atoms with E-state index >= 15 is 0 Å². The number of halogens is 1. The van der Waals surface area contributed by atoms with Crippen molar-refractivity contribution >= 4 is 5.57 Å². The van der Waals surface area contributed by atoms with Gasteiger partial charge in [0, 0.05) is 6.42 Å². The standard InChI is InChI=1S/C17H17FO/c1-12(2)14-9-7-13(8-10-14)11-15-5-4-6-16(19-3)17(15)18/h4-10H,1,11H2,2-3H3. The Kier molecular flexibility index (Phi) is 4.00. The van der Waals surface area contributed by atoms with E-state index in [1.54, 1.807) is 18.2 Å². The molecule has 0 aromatic heterocycles. The molecule has 0 bridgehead atoms. The molecule has 0 saturated carbocycles. The van der Waals surface area contributed by atoms with Gasteiger partial charge in [0.1, 0.15) is 0 Å². The van der Waals surface area contributed by atoms with Gasteiger partial charge in [-0.1, -0.05) is 48.6 Å². The summed E-state index contributed by atoms with van der Waals surface area (Å²) < 4.78 is 19.0. The first-order valence-corrected chi connectivity index (χ1v) is 6.18. The van der Waals surface area contributed by atoms with Crippen LogP contribution in [0.3, 0.4) is 0 Å². The van der Waals surface area contributed by atoms with E-state index in [2.05, 4.69) is 6.58 Å². The van der Waals surface area contributed by atoms with Gasteiger partial charge in [0.25, 0.3) is 0 Å². The van der Waals surface area contributed by atoms with Crippen molar-refractivity contribution < 1.29 is 9.13 Å². The monoisotopic (exact) mass is 256 g/mol. The fourth-order valence-corrected chi connectivity index (χ4v) is 1.98. The molecule has 0 aliphatic heterocycles. The maximum atomic E-state index is 14.0. The molecule has 0 amide bonds. The molecule has 0 fully saturated rings. The number of benzene rings is 2. The lowest BCUT2D eigenvalue weighted by molar-refractivity contribution is 0.384. The lowest BCUT2D eigenvalue weighted by Gasteiger charge is -2.08. The molecule has 98 valence electrons. The normalized spacial score (nSPS) is 10.3. The van der Waals surface area contributed by atoms with Crippen LogP contribution >= 0.6 is 0 Å². The van der Waals surface area contributed by atoms with Crippen molar-refractivity contribution in [2.75, 3.05) is 7.11 Å². The molecular formula is C17H17FO. The summed E-state index contributed by atoms with van der Waals surface area (Å²) in [5, 5.41) is 0. The van der Waals surface area contributed by atoms with Crippen LogP contribution in [0.2, 0.25) is 0 Å². The van der Waals surface area contributed by atoms with E-state index in [1.165, 1.54) is 7.11 Å². The van der Waals surface area contributed by atoms with Crippen LogP contribution in [0.4, 0.5) is 4.39 Å². The summed E-state index contributed by atoms with van der Waals surface area (Å²) in [7, 11) is 1.48. The minimum absolute atomic E-state index is 0.283. The third-order valence-corrected chi connectivity index (χ3v) is 3.10. The smallest absolute Gasteiger partial charge is 0.168 e. The van der Waals surface area contributed by atoms with Crippen molar-refractivity contribution in [1.82, 2.24) is 0 Å². The highest BCUT2D eigenvalue weighted by atomic mass is 19.1. The van der Waals surface area contributed by atoms with Gasteiger partial charge < -0.3 is 4.74 Å². The predicted molar refractivity (Wildman–Crippen MR) is 76.9 cm³/mol. The van der Waals surface area contributed by atoms with Crippen LogP contribution < -0.4 is 4.74 Å². The van der Waals surface area contributed by atoms with E-state index in [4.69, 9.17) is 4.74 Å². The molecule has 1 nitrogen and oxygen atoms in total. The second-order valence-corrected chi connectivity index (χ2v) is 4.59. The number of ether oxygens (including phenoxy) is 1. The maximum Gasteiger partial charge on any atom is 0.168 e. The fourth-order valence-electron chi connectivity index (χ4n) is 1.98. The summed E-state index contributed by atoms with van der Waals surface area (Å²) in [6.45, 7) is 5.87. The van der Waals surface area contributed by atoms with Gasteiger partial charge in [0.15, 0.2) is 11.6 Å². The van der Waals surface area contributed by atoms with E-state index in [0.717, 1.165) is 16.7 Å². The van der Waals surface area contributed by atoms with E-state index in [9.17, 15) is 4.39 Å². The van der Waals surface area contributed by atoms with Crippen molar-refractivity contribution in [2.45, 2.75) is 13.3 Å². The summed E-state index contributed by atoms with van der Waals surface area (Å²) in [4.78, 5) is 0. The molecule has 0 N–H and O–H groups in total. The molecule has 19 heavy (non-hydrogen) atoms. The van der Waals surface area contributed by atoms with Crippen LogP contribution in [0.1, 0.15) is 23.6 Å². The summed E-state index contributed by atoms with van der Waals surface area (Å²) in [5.74, 6) is 0.00466. The van der Waals surface area contributed by atoms with Crippen LogP contribution in [0.25, 0.3) is 5.57 Å².